The zero-order chi connectivity index (χ0) is 15.1. The first-order chi connectivity index (χ1) is 10.8. The van der Waals surface area contributed by atoms with Gasteiger partial charge in [-0.3, -0.25) is 4.79 Å². The first-order valence-electron chi connectivity index (χ1n) is 7.59. The number of fused-ring (bicyclic) bond motifs is 3. The van der Waals surface area contributed by atoms with E-state index >= 15 is 0 Å². The van der Waals surface area contributed by atoms with E-state index in [4.69, 9.17) is 4.74 Å². The summed E-state index contributed by atoms with van der Waals surface area (Å²) < 4.78 is 6.42. The van der Waals surface area contributed by atoms with Crippen molar-refractivity contribution in [3.63, 3.8) is 0 Å². The van der Waals surface area contributed by atoms with Crippen LogP contribution in [0.2, 0.25) is 0 Å². The molecule has 1 aliphatic rings. The lowest BCUT2D eigenvalue weighted by Crippen LogP contribution is -2.06. The highest BCUT2D eigenvalue weighted by Gasteiger charge is 2.18. The summed E-state index contributed by atoms with van der Waals surface area (Å²) in [5.41, 5.74) is 3.37. The first-order valence-corrected chi connectivity index (χ1v) is 8.47. The summed E-state index contributed by atoms with van der Waals surface area (Å²) in [6.45, 7) is 0. The van der Waals surface area contributed by atoms with Crippen LogP contribution in [0.1, 0.15) is 31.2 Å². The number of rotatable bonds is 2. The van der Waals surface area contributed by atoms with E-state index in [0.717, 1.165) is 45.1 Å². The lowest BCUT2D eigenvalue weighted by atomic mass is 9.90. The van der Waals surface area contributed by atoms with Crippen molar-refractivity contribution < 1.29 is 4.74 Å². The second kappa shape index (κ2) is 5.29. The van der Waals surface area contributed by atoms with E-state index in [1.165, 1.54) is 29.8 Å². The molecule has 0 radical (unpaired) electrons. The van der Waals surface area contributed by atoms with E-state index in [0.29, 0.717) is 0 Å². The van der Waals surface area contributed by atoms with Crippen LogP contribution in [0.5, 0.6) is 5.75 Å². The number of allylic oxidation sites excluding steroid dienone is 2. The van der Waals surface area contributed by atoms with E-state index in [1.807, 2.05) is 23.6 Å². The Morgan fingerprint density at radius 3 is 2.91 bits per heavy atom. The second-order valence-electron chi connectivity index (χ2n) is 5.66. The quantitative estimate of drug-likeness (QED) is 0.745. The van der Waals surface area contributed by atoms with Gasteiger partial charge >= 0.3 is 0 Å². The van der Waals surface area contributed by atoms with E-state index < -0.39 is 0 Å². The molecule has 112 valence electrons. The Morgan fingerprint density at radius 1 is 1.23 bits per heavy atom. The molecule has 2 aromatic heterocycles. The van der Waals surface area contributed by atoms with Crippen LogP contribution in [-0.4, -0.2) is 12.1 Å². The minimum atomic E-state index is -0.00811. The third kappa shape index (κ3) is 1.98. The zero-order valence-electron chi connectivity index (χ0n) is 12.4. The molecular weight excluding hydrogens is 294 g/mol. The maximum absolute atomic E-state index is 12.2. The van der Waals surface area contributed by atoms with Gasteiger partial charge in [-0.2, -0.15) is 0 Å². The summed E-state index contributed by atoms with van der Waals surface area (Å²) >= 11 is 1.49. The maximum Gasteiger partial charge on any atom is 0.266 e. The largest absolute Gasteiger partial charge is 0.496 e. The number of aromatic nitrogens is 1. The summed E-state index contributed by atoms with van der Waals surface area (Å²) in [6, 6.07) is 5.95. The predicted octanol–water partition coefficient (Wildman–Crippen LogP) is 4.71. The molecular formula is C18H17NO2S. The van der Waals surface area contributed by atoms with Gasteiger partial charge in [-0.1, -0.05) is 6.08 Å². The van der Waals surface area contributed by atoms with Crippen LogP contribution in [0, 0.1) is 0 Å². The Morgan fingerprint density at radius 2 is 2.14 bits per heavy atom. The van der Waals surface area contributed by atoms with Gasteiger partial charge in [0.1, 0.15) is 10.4 Å². The molecule has 1 aromatic carbocycles. The molecule has 0 saturated heterocycles. The minimum absolute atomic E-state index is 0.00811. The number of nitrogens with one attached hydrogen (secondary N) is 1. The average Bonchev–Trinajstić information content (AvgIpc) is 3.05. The Hall–Kier alpha value is -2.07. The number of pyridine rings is 1. The number of thiophene rings is 1. The summed E-state index contributed by atoms with van der Waals surface area (Å²) in [5.74, 6) is 0.889. The number of benzene rings is 1. The van der Waals surface area contributed by atoms with Gasteiger partial charge < -0.3 is 9.72 Å². The highest BCUT2D eigenvalue weighted by molar-refractivity contribution is 7.17. The minimum Gasteiger partial charge on any atom is -0.496 e. The Kier molecular flexibility index (Phi) is 3.26. The Bertz CT molecular complexity index is 949. The Balaban J connectivity index is 2.17. The molecule has 4 heteroatoms. The number of hydrogen-bond acceptors (Lipinski definition) is 3. The van der Waals surface area contributed by atoms with Gasteiger partial charge in [-0.05, 0) is 54.8 Å². The predicted molar refractivity (Wildman–Crippen MR) is 92.9 cm³/mol. The lowest BCUT2D eigenvalue weighted by Gasteiger charge is -2.18. The van der Waals surface area contributed by atoms with Gasteiger partial charge in [-0.25, -0.2) is 0 Å². The molecule has 0 unspecified atom stereocenters. The SMILES string of the molecule is COc1ccc2[nH]c(=O)c3sccc3c2c1C1=CCCCC1. The molecule has 0 saturated carbocycles. The molecule has 2 heterocycles. The molecule has 3 aromatic rings. The normalized spacial score (nSPS) is 15.2. The summed E-state index contributed by atoms with van der Waals surface area (Å²) in [5, 5.41) is 4.13. The van der Waals surface area contributed by atoms with Crippen molar-refractivity contribution in [2.75, 3.05) is 7.11 Å². The van der Waals surface area contributed by atoms with Crippen LogP contribution >= 0.6 is 11.3 Å². The zero-order valence-corrected chi connectivity index (χ0v) is 13.3. The maximum atomic E-state index is 12.2. The number of H-pyrrole nitrogens is 1. The van der Waals surface area contributed by atoms with Crippen molar-refractivity contribution in [3.8, 4) is 5.75 Å². The van der Waals surface area contributed by atoms with Crippen molar-refractivity contribution >= 4 is 37.9 Å². The molecule has 4 rings (SSSR count). The van der Waals surface area contributed by atoms with Crippen molar-refractivity contribution in [2.24, 2.45) is 0 Å². The van der Waals surface area contributed by atoms with Gasteiger partial charge in [0.05, 0.1) is 7.11 Å². The van der Waals surface area contributed by atoms with Crippen LogP contribution < -0.4 is 10.3 Å². The van der Waals surface area contributed by atoms with Crippen LogP contribution in [0.15, 0.2) is 34.4 Å². The highest BCUT2D eigenvalue weighted by Crippen LogP contribution is 2.40. The third-order valence-corrected chi connectivity index (χ3v) is 5.30. The monoisotopic (exact) mass is 311 g/mol. The number of aromatic amines is 1. The molecule has 22 heavy (non-hydrogen) atoms. The van der Waals surface area contributed by atoms with Gasteiger partial charge in [0, 0.05) is 21.9 Å². The fourth-order valence-corrected chi connectivity index (χ4v) is 4.18. The third-order valence-electron chi connectivity index (χ3n) is 4.39. The standard InChI is InChI=1S/C18H17NO2S/c1-21-14-8-7-13-16(15(14)11-5-3-2-4-6-11)12-9-10-22-17(12)18(20)19-13/h5,7-10H,2-4,6H2,1H3,(H,19,20). The fourth-order valence-electron chi connectivity index (χ4n) is 3.38. The van der Waals surface area contributed by atoms with Crippen molar-refractivity contribution in [2.45, 2.75) is 25.7 Å². The molecule has 0 spiro atoms. The first kappa shape index (κ1) is 13.6. The van der Waals surface area contributed by atoms with E-state index in [9.17, 15) is 4.79 Å². The van der Waals surface area contributed by atoms with E-state index in [2.05, 4.69) is 11.1 Å². The molecule has 0 fully saturated rings. The van der Waals surface area contributed by atoms with Crippen LogP contribution in [0.4, 0.5) is 0 Å². The molecule has 0 amide bonds. The summed E-state index contributed by atoms with van der Waals surface area (Å²) in [7, 11) is 1.71. The topological polar surface area (TPSA) is 42.1 Å². The van der Waals surface area contributed by atoms with Gasteiger partial charge in [0.2, 0.25) is 0 Å². The van der Waals surface area contributed by atoms with Gasteiger partial charge in [0.25, 0.3) is 5.56 Å². The molecule has 0 aliphatic heterocycles. The van der Waals surface area contributed by atoms with Gasteiger partial charge in [0.15, 0.2) is 0 Å². The lowest BCUT2D eigenvalue weighted by molar-refractivity contribution is 0.414. The summed E-state index contributed by atoms with van der Waals surface area (Å²) in [6.07, 6.45) is 6.97. The number of hydrogen-bond donors (Lipinski definition) is 1. The van der Waals surface area contributed by atoms with Crippen molar-refractivity contribution in [1.29, 1.82) is 0 Å². The van der Waals surface area contributed by atoms with Crippen molar-refractivity contribution in [1.82, 2.24) is 4.98 Å². The number of methoxy groups -OCH3 is 1. The molecule has 0 atom stereocenters. The van der Waals surface area contributed by atoms with Crippen molar-refractivity contribution in [3.05, 3.63) is 45.6 Å². The van der Waals surface area contributed by atoms with Gasteiger partial charge in [-0.15, -0.1) is 11.3 Å². The molecule has 3 nitrogen and oxygen atoms in total. The van der Waals surface area contributed by atoms with E-state index in [-0.39, 0.29) is 5.56 Å². The summed E-state index contributed by atoms with van der Waals surface area (Å²) in [4.78, 5) is 15.2. The van der Waals surface area contributed by atoms with Crippen LogP contribution in [0.25, 0.3) is 26.6 Å². The van der Waals surface area contributed by atoms with Crippen LogP contribution in [0.3, 0.4) is 0 Å². The van der Waals surface area contributed by atoms with Crippen LogP contribution in [-0.2, 0) is 0 Å². The van der Waals surface area contributed by atoms with E-state index in [1.54, 1.807) is 7.11 Å². The molecule has 1 aliphatic carbocycles. The second-order valence-corrected chi connectivity index (χ2v) is 6.57. The Labute approximate surface area is 132 Å². The smallest absolute Gasteiger partial charge is 0.266 e. The highest BCUT2D eigenvalue weighted by atomic mass is 32.1. The molecule has 1 N–H and O–H groups in total. The average molecular weight is 311 g/mol. The fraction of sp³-hybridized carbons (Fsp3) is 0.278. The molecule has 0 bridgehead atoms. The number of ether oxygens (including phenoxy) is 1.